The smallest absolute Gasteiger partial charge is 0.414 e. The van der Waals surface area contributed by atoms with Gasteiger partial charge in [0, 0.05) is 12.1 Å². The summed E-state index contributed by atoms with van der Waals surface area (Å²) < 4.78 is 33.3. The van der Waals surface area contributed by atoms with Crippen molar-refractivity contribution in [1.82, 2.24) is 5.32 Å². The summed E-state index contributed by atoms with van der Waals surface area (Å²) in [6.07, 6.45) is -0.962. The summed E-state index contributed by atoms with van der Waals surface area (Å²) in [6.45, 7) is 1.88. The van der Waals surface area contributed by atoms with Crippen molar-refractivity contribution in [3.8, 4) is 0 Å². The van der Waals surface area contributed by atoms with E-state index >= 15 is 0 Å². The first kappa shape index (κ1) is 13.6. The zero-order chi connectivity index (χ0) is 15.1. The molecule has 0 radical (unpaired) electrons. The summed E-state index contributed by atoms with van der Waals surface area (Å²) in [7, 11) is 0. The summed E-state index contributed by atoms with van der Waals surface area (Å²) in [5, 5.41) is 2.47. The van der Waals surface area contributed by atoms with E-state index in [0.717, 1.165) is 12.1 Å². The van der Waals surface area contributed by atoms with E-state index < -0.39 is 17.7 Å². The largest absolute Gasteiger partial charge is 0.444 e. The number of nitrogens with one attached hydrogen (secondary N) is 1. The van der Waals surface area contributed by atoms with Crippen LogP contribution in [0, 0.1) is 11.6 Å². The minimum Gasteiger partial charge on any atom is -0.444 e. The Morgan fingerprint density at radius 3 is 2.43 bits per heavy atom. The highest BCUT2D eigenvalue weighted by molar-refractivity contribution is 5.90. The molecular formula is C13H13F2N3O3. The number of carbonyl (C=O) groups excluding carboxylic acids is 2. The summed E-state index contributed by atoms with van der Waals surface area (Å²) >= 11 is 0. The maximum Gasteiger partial charge on any atom is 0.414 e. The van der Waals surface area contributed by atoms with Crippen molar-refractivity contribution in [2.45, 2.75) is 13.0 Å². The highest BCUT2D eigenvalue weighted by Gasteiger charge is 2.32. The molecule has 1 aromatic rings. The first-order chi connectivity index (χ1) is 9.95. The third-order valence-electron chi connectivity index (χ3n) is 3.39. The number of nitrogens with zero attached hydrogens (tertiary/aromatic N) is 2. The molecule has 0 saturated carbocycles. The lowest BCUT2D eigenvalue weighted by Gasteiger charge is -2.20. The molecule has 1 aromatic carbocycles. The van der Waals surface area contributed by atoms with E-state index in [1.807, 2.05) is 0 Å². The monoisotopic (exact) mass is 297 g/mol. The molecule has 2 fully saturated rings. The fraction of sp³-hybridized carbons (Fsp3) is 0.385. The van der Waals surface area contributed by atoms with E-state index in [-0.39, 0.29) is 43.1 Å². The van der Waals surface area contributed by atoms with Crippen molar-refractivity contribution in [3.63, 3.8) is 0 Å². The molecule has 1 atom stereocenters. The van der Waals surface area contributed by atoms with Crippen molar-refractivity contribution >= 4 is 23.4 Å². The van der Waals surface area contributed by atoms with Crippen LogP contribution in [0.5, 0.6) is 0 Å². The van der Waals surface area contributed by atoms with E-state index in [4.69, 9.17) is 4.74 Å². The number of amides is 2. The Labute approximate surface area is 119 Å². The molecule has 0 aliphatic carbocycles. The van der Waals surface area contributed by atoms with Gasteiger partial charge in [0.05, 0.1) is 25.4 Å². The Morgan fingerprint density at radius 2 is 1.95 bits per heavy atom. The lowest BCUT2D eigenvalue weighted by Crippen LogP contribution is -2.26. The molecule has 2 saturated heterocycles. The zero-order valence-electron chi connectivity index (χ0n) is 11.2. The number of halogens is 2. The number of cyclic esters (lactones) is 1. The van der Waals surface area contributed by atoms with Crippen LogP contribution in [0.3, 0.4) is 0 Å². The van der Waals surface area contributed by atoms with Gasteiger partial charge in [0.2, 0.25) is 5.91 Å². The molecule has 0 bridgehead atoms. The van der Waals surface area contributed by atoms with Crippen LogP contribution in [0.4, 0.5) is 25.0 Å². The lowest BCUT2D eigenvalue weighted by atomic mass is 10.2. The molecule has 2 aliphatic rings. The summed E-state index contributed by atoms with van der Waals surface area (Å²) in [5.41, 5.74) is -0.181. The van der Waals surface area contributed by atoms with Gasteiger partial charge in [0.25, 0.3) is 0 Å². The van der Waals surface area contributed by atoms with Gasteiger partial charge in [0.15, 0.2) is 11.6 Å². The SMILES string of the molecule is C[C@@H]1CN(c2cc(F)c(N3CNC(=O)C3)c(F)c2)C(=O)O1. The van der Waals surface area contributed by atoms with Crippen molar-refractivity contribution in [2.24, 2.45) is 0 Å². The Hall–Kier alpha value is -2.38. The number of ether oxygens (including phenoxy) is 1. The quantitative estimate of drug-likeness (QED) is 0.891. The topological polar surface area (TPSA) is 61.9 Å². The molecule has 3 rings (SSSR count). The number of rotatable bonds is 2. The molecule has 2 amide bonds. The number of anilines is 2. The van der Waals surface area contributed by atoms with Crippen LogP contribution in [0.25, 0.3) is 0 Å². The molecular weight excluding hydrogens is 284 g/mol. The van der Waals surface area contributed by atoms with Crippen LogP contribution in [0.2, 0.25) is 0 Å². The average molecular weight is 297 g/mol. The van der Waals surface area contributed by atoms with E-state index in [9.17, 15) is 18.4 Å². The second-order valence-corrected chi connectivity index (χ2v) is 5.02. The van der Waals surface area contributed by atoms with Crippen molar-refractivity contribution in [1.29, 1.82) is 0 Å². The Bertz CT molecular complexity index is 600. The predicted octanol–water partition coefficient (Wildman–Crippen LogP) is 1.20. The lowest BCUT2D eigenvalue weighted by molar-refractivity contribution is -0.118. The summed E-state index contributed by atoms with van der Waals surface area (Å²) in [6, 6.07) is 2.14. The van der Waals surface area contributed by atoms with E-state index in [1.165, 1.54) is 9.80 Å². The molecule has 21 heavy (non-hydrogen) atoms. The third kappa shape index (κ3) is 2.37. The van der Waals surface area contributed by atoms with E-state index in [0.29, 0.717) is 0 Å². The van der Waals surface area contributed by atoms with Crippen molar-refractivity contribution < 1.29 is 23.1 Å². The molecule has 112 valence electrons. The molecule has 0 unspecified atom stereocenters. The number of hydrogen-bond acceptors (Lipinski definition) is 4. The van der Waals surface area contributed by atoms with Gasteiger partial charge in [-0.2, -0.15) is 0 Å². The minimum atomic E-state index is -0.825. The van der Waals surface area contributed by atoms with Crippen LogP contribution in [0.1, 0.15) is 6.92 Å². The van der Waals surface area contributed by atoms with E-state index in [2.05, 4.69) is 5.32 Å². The molecule has 1 N–H and O–H groups in total. The van der Waals surface area contributed by atoms with Gasteiger partial charge in [-0.3, -0.25) is 9.69 Å². The maximum absolute atomic E-state index is 14.2. The van der Waals surface area contributed by atoms with Gasteiger partial charge in [-0.15, -0.1) is 0 Å². The van der Waals surface area contributed by atoms with Gasteiger partial charge in [-0.25, -0.2) is 13.6 Å². The Kier molecular flexibility index (Phi) is 3.15. The molecule has 8 heteroatoms. The zero-order valence-corrected chi connectivity index (χ0v) is 11.2. The average Bonchev–Trinajstić information content (AvgIpc) is 2.94. The standard InChI is InChI=1S/C13H13F2N3O3/c1-7-4-18(13(20)21-7)8-2-9(14)12(10(15)3-8)17-5-11(19)16-6-17/h2-3,7H,4-6H2,1H3,(H,16,19)/t7-/m1/s1. The van der Waals surface area contributed by atoms with Gasteiger partial charge in [0.1, 0.15) is 11.8 Å². The van der Waals surface area contributed by atoms with Gasteiger partial charge < -0.3 is 15.0 Å². The normalized spacial score (nSPS) is 21.8. The van der Waals surface area contributed by atoms with Crippen molar-refractivity contribution in [2.75, 3.05) is 29.6 Å². The second kappa shape index (κ2) is 4.87. The first-order valence-electron chi connectivity index (χ1n) is 6.44. The van der Waals surface area contributed by atoms with Crippen LogP contribution in [-0.2, 0) is 9.53 Å². The predicted molar refractivity (Wildman–Crippen MR) is 70.0 cm³/mol. The van der Waals surface area contributed by atoms with Crippen molar-refractivity contribution in [3.05, 3.63) is 23.8 Å². The van der Waals surface area contributed by atoms with Gasteiger partial charge in [-0.1, -0.05) is 0 Å². The highest BCUT2D eigenvalue weighted by Crippen LogP contribution is 2.31. The van der Waals surface area contributed by atoms with Crippen LogP contribution in [0.15, 0.2) is 12.1 Å². The maximum atomic E-state index is 14.2. The molecule has 2 heterocycles. The highest BCUT2D eigenvalue weighted by atomic mass is 19.1. The van der Waals surface area contributed by atoms with Crippen LogP contribution in [-0.4, -0.2) is 37.9 Å². The summed E-state index contributed by atoms with van der Waals surface area (Å²) in [4.78, 5) is 25.2. The second-order valence-electron chi connectivity index (χ2n) is 5.02. The van der Waals surface area contributed by atoms with Gasteiger partial charge >= 0.3 is 6.09 Å². The third-order valence-corrected chi connectivity index (χ3v) is 3.39. The molecule has 0 aromatic heterocycles. The minimum absolute atomic E-state index is 0.0504. The number of benzene rings is 1. The Balaban J connectivity index is 1.93. The number of carbonyl (C=O) groups is 2. The van der Waals surface area contributed by atoms with E-state index in [1.54, 1.807) is 6.92 Å². The number of hydrogen-bond donors (Lipinski definition) is 1. The fourth-order valence-corrected chi connectivity index (χ4v) is 2.45. The molecule has 2 aliphatic heterocycles. The first-order valence-corrected chi connectivity index (χ1v) is 6.44. The molecule has 6 nitrogen and oxygen atoms in total. The van der Waals surface area contributed by atoms with Crippen LogP contribution < -0.4 is 15.1 Å². The molecule has 0 spiro atoms. The van der Waals surface area contributed by atoms with Crippen LogP contribution >= 0.6 is 0 Å². The van der Waals surface area contributed by atoms with Gasteiger partial charge in [-0.05, 0) is 6.92 Å². The summed E-state index contributed by atoms with van der Waals surface area (Å²) in [5.74, 6) is -1.95. The Morgan fingerprint density at radius 1 is 1.29 bits per heavy atom. The fourth-order valence-electron chi connectivity index (χ4n) is 2.45.